The SMILES string of the molecule is c1ccc(-c2cc(-c3nc(-c4ccccc4)c4ccccc4n3)c3ccc4c(-c5nc(-c6ccccc6)c6ccccc6n5)ccnc4c3n2)cc1. The first kappa shape index (κ1) is 29.7. The van der Waals surface area contributed by atoms with Gasteiger partial charge in [0.15, 0.2) is 11.6 Å². The highest BCUT2D eigenvalue weighted by molar-refractivity contribution is 6.12. The van der Waals surface area contributed by atoms with Crippen molar-refractivity contribution in [2.45, 2.75) is 0 Å². The van der Waals surface area contributed by atoms with Crippen molar-refractivity contribution in [1.82, 2.24) is 29.9 Å². The van der Waals surface area contributed by atoms with E-state index in [9.17, 15) is 0 Å². The Morgan fingerprint density at radius 2 is 0.808 bits per heavy atom. The molecular weight excluding hydrogens is 637 g/mol. The molecule has 242 valence electrons. The molecular formula is C46H28N6. The van der Waals surface area contributed by atoms with Crippen LogP contribution in [0.5, 0.6) is 0 Å². The quantitative estimate of drug-likeness (QED) is 0.170. The average molecular weight is 665 g/mol. The van der Waals surface area contributed by atoms with E-state index in [0.29, 0.717) is 11.6 Å². The third-order valence-corrected chi connectivity index (χ3v) is 9.54. The molecule has 0 saturated heterocycles. The normalized spacial score (nSPS) is 11.5. The number of benzene rings is 6. The minimum absolute atomic E-state index is 0.628. The fraction of sp³-hybridized carbons (Fsp3) is 0. The molecule has 4 heterocycles. The van der Waals surface area contributed by atoms with Gasteiger partial charge in [-0.05, 0) is 24.3 Å². The van der Waals surface area contributed by atoms with Crippen molar-refractivity contribution in [2.75, 3.05) is 0 Å². The molecule has 0 N–H and O–H groups in total. The Labute approximate surface area is 299 Å². The van der Waals surface area contributed by atoms with E-state index in [2.05, 4.69) is 66.7 Å². The van der Waals surface area contributed by atoms with Gasteiger partial charge in [0.2, 0.25) is 0 Å². The number of pyridine rings is 2. The topological polar surface area (TPSA) is 77.3 Å². The monoisotopic (exact) mass is 664 g/mol. The van der Waals surface area contributed by atoms with Crippen LogP contribution in [0.25, 0.3) is 100 Å². The van der Waals surface area contributed by atoms with Crippen molar-refractivity contribution in [3.8, 4) is 56.5 Å². The first-order valence-corrected chi connectivity index (χ1v) is 17.2. The Hall–Kier alpha value is -7.18. The van der Waals surface area contributed by atoms with Crippen molar-refractivity contribution in [3.63, 3.8) is 0 Å². The van der Waals surface area contributed by atoms with Crippen LogP contribution < -0.4 is 0 Å². The maximum absolute atomic E-state index is 5.29. The average Bonchev–Trinajstić information content (AvgIpc) is 3.23. The first-order chi connectivity index (χ1) is 25.8. The van der Waals surface area contributed by atoms with Crippen LogP contribution in [0.15, 0.2) is 170 Å². The van der Waals surface area contributed by atoms with Gasteiger partial charge in [-0.25, -0.2) is 24.9 Å². The first-order valence-electron chi connectivity index (χ1n) is 17.2. The van der Waals surface area contributed by atoms with Crippen molar-refractivity contribution in [3.05, 3.63) is 170 Å². The summed E-state index contributed by atoms with van der Waals surface area (Å²) in [5.74, 6) is 1.26. The lowest BCUT2D eigenvalue weighted by atomic mass is 9.99. The number of hydrogen-bond acceptors (Lipinski definition) is 6. The zero-order chi connectivity index (χ0) is 34.4. The molecule has 10 aromatic rings. The summed E-state index contributed by atoms with van der Waals surface area (Å²) >= 11 is 0. The van der Waals surface area contributed by atoms with E-state index in [4.69, 9.17) is 29.9 Å². The largest absolute Gasteiger partial charge is 0.254 e. The van der Waals surface area contributed by atoms with Crippen LogP contribution in [0, 0.1) is 0 Å². The van der Waals surface area contributed by atoms with E-state index in [1.807, 2.05) is 103 Å². The standard InChI is InChI=1S/C46H28N6/c1-4-14-29(15-5-1)40-28-37(46-50-39-23-13-11-21-36(39)42(52-46)31-18-8-3-9-19-31)33-25-24-32-34(26-27-47-43(32)44(33)48-40)45-49-38-22-12-10-20-35(38)41(51-45)30-16-6-2-7-17-30/h1-28H. The fourth-order valence-corrected chi connectivity index (χ4v) is 7.06. The van der Waals surface area contributed by atoms with Gasteiger partial charge in [-0.15, -0.1) is 0 Å². The molecule has 6 heteroatoms. The van der Waals surface area contributed by atoms with Crippen molar-refractivity contribution < 1.29 is 0 Å². The third-order valence-electron chi connectivity index (χ3n) is 9.54. The van der Waals surface area contributed by atoms with Gasteiger partial charge in [0.25, 0.3) is 0 Å². The lowest BCUT2D eigenvalue weighted by molar-refractivity contribution is 1.23. The Kier molecular flexibility index (Phi) is 7.03. The van der Waals surface area contributed by atoms with Gasteiger partial charge in [0.1, 0.15) is 0 Å². The number of aromatic nitrogens is 6. The molecule has 0 saturated carbocycles. The van der Waals surface area contributed by atoms with E-state index in [1.54, 1.807) is 0 Å². The predicted octanol–water partition coefficient (Wildman–Crippen LogP) is 11.0. The van der Waals surface area contributed by atoms with E-state index in [1.165, 1.54) is 0 Å². The zero-order valence-corrected chi connectivity index (χ0v) is 27.8. The highest BCUT2D eigenvalue weighted by Crippen LogP contribution is 2.38. The van der Waals surface area contributed by atoms with Gasteiger partial charge in [0, 0.05) is 55.6 Å². The van der Waals surface area contributed by atoms with Gasteiger partial charge < -0.3 is 0 Å². The van der Waals surface area contributed by atoms with Crippen molar-refractivity contribution in [1.29, 1.82) is 0 Å². The molecule has 6 nitrogen and oxygen atoms in total. The number of para-hydroxylation sites is 2. The molecule has 0 fully saturated rings. The van der Waals surface area contributed by atoms with Gasteiger partial charge in [0.05, 0.1) is 39.1 Å². The lowest BCUT2D eigenvalue weighted by Crippen LogP contribution is -1.99. The van der Waals surface area contributed by atoms with E-state index < -0.39 is 0 Å². The summed E-state index contributed by atoms with van der Waals surface area (Å²) in [7, 11) is 0. The molecule has 0 bridgehead atoms. The summed E-state index contributed by atoms with van der Waals surface area (Å²) in [5, 5.41) is 3.83. The summed E-state index contributed by atoms with van der Waals surface area (Å²) in [6.07, 6.45) is 1.83. The summed E-state index contributed by atoms with van der Waals surface area (Å²) in [6, 6.07) is 55.4. The second-order valence-corrected chi connectivity index (χ2v) is 12.7. The molecule has 0 radical (unpaired) electrons. The molecule has 10 rings (SSSR count). The Bertz CT molecular complexity index is 2950. The maximum atomic E-state index is 5.29. The molecule has 0 amide bonds. The predicted molar refractivity (Wildman–Crippen MR) is 210 cm³/mol. The molecule has 6 aromatic carbocycles. The molecule has 0 spiro atoms. The summed E-state index contributed by atoms with van der Waals surface area (Å²) in [6.45, 7) is 0. The van der Waals surface area contributed by atoms with Gasteiger partial charge in [-0.2, -0.15) is 0 Å². The van der Waals surface area contributed by atoms with Crippen LogP contribution in [0.3, 0.4) is 0 Å². The number of rotatable bonds is 5. The zero-order valence-electron chi connectivity index (χ0n) is 27.8. The van der Waals surface area contributed by atoms with Crippen LogP contribution in [-0.2, 0) is 0 Å². The van der Waals surface area contributed by atoms with E-state index in [0.717, 1.165) is 88.5 Å². The number of hydrogen-bond donors (Lipinski definition) is 0. The van der Waals surface area contributed by atoms with Crippen LogP contribution in [0.4, 0.5) is 0 Å². The van der Waals surface area contributed by atoms with Gasteiger partial charge >= 0.3 is 0 Å². The van der Waals surface area contributed by atoms with Gasteiger partial charge in [-0.3, -0.25) is 4.98 Å². The Morgan fingerprint density at radius 1 is 0.327 bits per heavy atom. The lowest BCUT2D eigenvalue weighted by Gasteiger charge is -2.15. The molecule has 0 aliphatic rings. The van der Waals surface area contributed by atoms with E-state index >= 15 is 0 Å². The highest BCUT2D eigenvalue weighted by Gasteiger charge is 2.20. The molecule has 0 aliphatic carbocycles. The van der Waals surface area contributed by atoms with Crippen LogP contribution in [-0.4, -0.2) is 29.9 Å². The maximum Gasteiger partial charge on any atom is 0.161 e. The third kappa shape index (κ3) is 5.05. The summed E-state index contributed by atoms with van der Waals surface area (Å²) in [5.41, 5.74) is 10.7. The highest BCUT2D eigenvalue weighted by atomic mass is 14.9. The second kappa shape index (κ2) is 12.3. The number of nitrogens with zero attached hydrogens (tertiary/aromatic N) is 6. The van der Waals surface area contributed by atoms with Crippen molar-refractivity contribution in [2.24, 2.45) is 0 Å². The second-order valence-electron chi connectivity index (χ2n) is 12.7. The minimum Gasteiger partial charge on any atom is -0.254 e. The molecule has 52 heavy (non-hydrogen) atoms. The molecule has 0 aliphatic heterocycles. The molecule has 0 atom stereocenters. The summed E-state index contributed by atoms with van der Waals surface area (Å²) < 4.78 is 0. The van der Waals surface area contributed by atoms with Crippen molar-refractivity contribution >= 4 is 43.6 Å². The Balaban J connectivity index is 1.25. The minimum atomic E-state index is 0.628. The van der Waals surface area contributed by atoms with Crippen LogP contribution in [0.2, 0.25) is 0 Å². The smallest absolute Gasteiger partial charge is 0.161 e. The van der Waals surface area contributed by atoms with E-state index in [-0.39, 0.29) is 0 Å². The Morgan fingerprint density at radius 3 is 1.38 bits per heavy atom. The van der Waals surface area contributed by atoms with Crippen LogP contribution in [0.1, 0.15) is 0 Å². The van der Waals surface area contributed by atoms with Gasteiger partial charge in [-0.1, -0.05) is 140 Å². The molecule has 0 unspecified atom stereocenters. The van der Waals surface area contributed by atoms with Crippen LogP contribution >= 0.6 is 0 Å². The molecule has 4 aromatic heterocycles. The summed E-state index contributed by atoms with van der Waals surface area (Å²) in [4.78, 5) is 30.9. The number of fused-ring (bicyclic) bond motifs is 5. The fourth-order valence-electron chi connectivity index (χ4n) is 7.06.